The van der Waals surface area contributed by atoms with Gasteiger partial charge in [0.15, 0.2) is 0 Å². The van der Waals surface area contributed by atoms with E-state index in [9.17, 15) is 26.8 Å². The number of amides is 2. The lowest BCUT2D eigenvalue weighted by Crippen LogP contribution is -2.54. The van der Waals surface area contributed by atoms with E-state index in [0.717, 1.165) is 28.6 Å². The van der Waals surface area contributed by atoms with E-state index in [1.807, 2.05) is 6.92 Å². The molecule has 0 saturated carbocycles. The first-order valence-corrected chi connectivity index (χ1v) is 14.5. The van der Waals surface area contributed by atoms with E-state index < -0.39 is 51.6 Å². The number of nitrogens with zero attached hydrogens (tertiary/aromatic N) is 2. The van der Waals surface area contributed by atoms with Crippen LogP contribution in [0.3, 0.4) is 0 Å². The van der Waals surface area contributed by atoms with Crippen molar-refractivity contribution >= 4 is 27.5 Å². The Bertz CT molecular complexity index is 1440. The van der Waals surface area contributed by atoms with Gasteiger partial charge in [-0.1, -0.05) is 12.1 Å². The average molecular weight is 588 g/mol. The van der Waals surface area contributed by atoms with Crippen LogP contribution in [0.4, 0.5) is 14.5 Å². The molecule has 0 aliphatic carbocycles. The highest BCUT2D eigenvalue weighted by molar-refractivity contribution is 7.92. The number of carbonyl (C=O) groups excluding carboxylic acids is 2. The van der Waals surface area contributed by atoms with Crippen LogP contribution < -0.4 is 14.4 Å². The molecule has 0 unspecified atom stereocenters. The molecule has 0 heterocycles. The fourth-order valence-electron chi connectivity index (χ4n) is 3.98. The van der Waals surface area contributed by atoms with E-state index in [-0.39, 0.29) is 17.1 Å². The molecule has 11 heteroatoms. The molecule has 3 rings (SSSR count). The number of nitrogens with one attached hydrogen (secondary N) is 1. The van der Waals surface area contributed by atoms with Gasteiger partial charge in [-0.25, -0.2) is 17.2 Å². The van der Waals surface area contributed by atoms with Crippen LogP contribution in [0.25, 0.3) is 0 Å². The highest BCUT2D eigenvalue weighted by Gasteiger charge is 2.33. The molecule has 1 atom stereocenters. The molecular formula is C30H35F2N3O5S. The summed E-state index contributed by atoms with van der Waals surface area (Å²) in [5.74, 6) is -1.69. The Labute approximate surface area is 240 Å². The van der Waals surface area contributed by atoms with Crippen molar-refractivity contribution in [3.8, 4) is 5.75 Å². The Morgan fingerprint density at radius 3 is 1.95 bits per heavy atom. The quantitative estimate of drug-likeness (QED) is 0.345. The van der Waals surface area contributed by atoms with Gasteiger partial charge in [0.25, 0.3) is 10.0 Å². The lowest BCUT2D eigenvalue weighted by atomic mass is 10.1. The molecule has 0 fully saturated rings. The van der Waals surface area contributed by atoms with Crippen LogP contribution in [0.15, 0.2) is 77.7 Å². The third-order valence-corrected chi connectivity index (χ3v) is 7.84. The van der Waals surface area contributed by atoms with Crippen molar-refractivity contribution in [2.24, 2.45) is 0 Å². The van der Waals surface area contributed by atoms with Crippen LogP contribution in [-0.2, 0) is 26.2 Å². The first kappa shape index (κ1) is 31.5. The minimum atomic E-state index is -4.35. The van der Waals surface area contributed by atoms with Crippen molar-refractivity contribution in [1.82, 2.24) is 10.2 Å². The predicted octanol–water partition coefficient (Wildman–Crippen LogP) is 4.89. The normalized spacial score (nSPS) is 12.4. The molecule has 220 valence electrons. The zero-order valence-corrected chi connectivity index (χ0v) is 24.5. The van der Waals surface area contributed by atoms with Crippen molar-refractivity contribution in [3.05, 3.63) is 90.0 Å². The zero-order chi connectivity index (χ0) is 30.4. The van der Waals surface area contributed by atoms with E-state index >= 15 is 0 Å². The topological polar surface area (TPSA) is 96.0 Å². The number of ether oxygens (including phenoxy) is 1. The van der Waals surface area contributed by atoms with Crippen LogP contribution in [-0.4, -0.2) is 49.9 Å². The van der Waals surface area contributed by atoms with Gasteiger partial charge < -0.3 is 15.0 Å². The summed E-state index contributed by atoms with van der Waals surface area (Å²) in [7, 11) is -4.35. The first-order chi connectivity index (χ1) is 19.2. The molecular weight excluding hydrogens is 552 g/mol. The molecule has 0 bridgehead atoms. The van der Waals surface area contributed by atoms with E-state index in [2.05, 4.69) is 5.32 Å². The highest BCUT2D eigenvalue weighted by atomic mass is 32.2. The number of rotatable bonds is 11. The van der Waals surface area contributed by atoms with Gasteiger partial charge in [-0.2, -0.15) is 0 Å². The molecule has 3 aromatic rings. The second kappa shape index (κ2) is 13.1. The maximum absolute atomic E-state index is 13.9. The Morgan fingerprint density at radius 1 is 0.902 bits per heavy atom. The highest BCUT2D eigenvalue weighted by Crippen LogP contribution is 2.27. The largest absolute Gasteiger partial charge is 0.494 e. The van der Waals surface area contributed by atoms with Gasteiger partial charge >= 0.3 is 0 Å². The fraction of sp³-hybridized carbons (Fsp3) is 0.333. The predicted molar refractivity (Wildman–Crippen MR) is 153 cm³/mol. The summed E-state index contributed by atoms with van der Waals surface area (Å²) in [4.78, 5) is 28.0. The summed E-state index contributed by atoms with van der Waals surface area (Å²) in [6.45, 7) is 8.41. The number of carbonyl (C=O) groups is 2. The minimum absolute atomic E-state index is 0.0778. The molecule has 0 spiro atoms. The molecule has 2 amide bonds. The van der Waals surface area contributed by atoms with E-state index in [1.54, 1.807) is 32.9 Å². The summed E-state index contributed by atoms with van der Waals surface area (Å²) in [5, 5.41) is 2.84. The third kappa shape index (κ3) is 8.50. The first-order valence-electron chi connectivity index (χ1n) is 13.1. The van der Waals surface area contributed by atoms with Crippen LogP contribution in [0.5, 0.6) is 5.75 Å². The van der Waals surface area contributed by atoms with Crippen molar-refractivity contribution in [1.29, 1.82) is 0 Å². The average Bonchev–Trinajstić information content (AvgIpc) is 2.91. The molecule has 0 aliphatic rings. The summed E-state index contributed by atoms with van der Waals surface area (Å²) in [5.41, 5.74) is 0.125. The van der Waals surface area contributed by atoms with E-state index in [0.29, 0.717) is 17.9 Å². The minimum Gasteiger partial charge on any atom is -0.494 e. The summed E-state index contributed by atoms with van der Waals surface area (Å²) in [6.07, 6.45) is 0. The third-order valence-electron chi connectivity index (χ3n) is 6.05. The monoisotopic (exact) mass is 587 g/mol. The maximum atomic E-state index is 13.9. The van der Waals surface area contributed by atoms with Crippen LogP contribution >= 0.6 is 0 Å². The number of sulfonamides is 1. The molecule has 0 saturated heterocycles. The SMILES string of the molecule is CCOc1ccc(N(CC(=O)N(Cc2ccc(F)cc2)[C@@H](C)C(=O)NC(C)(C)C)S(=O)(=O)c2ccc(F)cc2)cc1. The van der Waals surface area contributed by atoms with Crippen molar-refractivity contribution in [2.75, 3.05) is 17.5 Å². The molecule has 1 N–H and O–H groups in total. The standard InChI is InChI=1S/C30H35F2N3O5S/c1-6-40-26-15-13-25(14-16-26)35(41(38,39)27-17-11-24(32)12-18-27)20-28(36)34(19-22-7-9-23(31)10-8-22)21(2)29(37)33-30(3,4)5/h7-18,21H,6,19-20H2,1-5H3,(H,33,37)/t21-/m0/s1. The smallest absolute Gasteiger partial charge is 0.264 e. The molecule has 3 aromatic carbocycles. The van der Waals surface area contributed by atoms with Gasteiger partial charge in [0.1, 0.15) is 30.0 Å². The van der Waals surface area contributed by atoms with Crippen LogP contribution in [0.1, 0.15) is 40.2 Å². The van der Waals surface area contributed by atoms with Gasteiger partial charge in [0.05, 0.1) is 17.2 Å². The summed E-state index contributed by atoms with van der Waals surface area (Å²) in [6, 6.07) is 14.9. The van der Waals surface area contributed by atoms with Crippen molar-refractivity contribution in [3.63, 3.8) is 0 Å². The Morgan fingerprint density at radius 2 is 1.44 bits per heavy atom. The van der Waals surface area contributed by atoms with Crippen LogP contribution in [0, 0.1) is 11.6 Å². The van der Waals surface area contributed by atoms with Gasteiger partial charge in [0.2, 0.25) is 11.8 Å². The fourth-order valence-corrected chi connectivity index (χ4v) is 5.40. The van der Waals surface area contributed by atoms with Crippen LogP contribution in [0.2, 0.25) is 0 Å². The van der Waals surface area contributed by atoms with E-state index in [1.165, 1.54) is 48.2 Å². The molecule has 41 heavy (non-hydrogen) atoms. The number of benzene rings is 3. The molecule has 0 radical (unpaired) electrons. The van der Waals surface area contributed by atoms with E-state index in [4.69, 9.17) is 4.74 Å². The maximum Gasteiger partial charge on any atom is 0.264 e. The molecule has 8 nitrogen and oxygen atoms in total. The second-order valence-corrected chi connectivity index (χ2v) is 12.3. The Hall–Kier alpha value is -3.99. The second-order valence-electron chi connectivity index (χ2n) is 10.5. The van der Waals surface area contributed by atoms with Crippen molar-refractivity contribution < 1.29 is 31.5 Å². The molecule has 0 aromatic heterocycles. The Balaban J connectivity index is 2.03. The lowest BCUT2D eigenvalue weighted by Gasteiger charge is -2.33. The van der Waals surface area contributed by atoms with Gasteiger partial charge in [-0.05, 0) is 101 Å². The lowest BCUT2D eigenvalue weighted by molar-refractivity contribution is -0.140. The summed E-state index contributed by atoms with van der Waals surface area (Å²) >= 11 is 0. The Kier molecular flexibility index (Phi) is 10.1. The number of anilines is 1. The van der Waals surface area contributed by atoms with Gasteiger partial charge in [-0.3, -0.25) is 13.9 Å². The molecule has 0 aliphatic heterocycles. The summed E-state index contributed by atoms with van der Waals surface area (Å²) < 4.78 is 61.1. The van der Waals surface area contributed by atoms with Crippen molar-refractivity contribution in [2.45, 2.75) is 57.6 Å². The number of halogens is 2. The zero-order valence-electron chi connectivity index (χ0n) is 23.7. The number of hydrogen-bond donors (Lipinski definition) is 1. The number of hydrogen-bond acceptors (Lipinski definition) is 5. The van der Waals surface area contributed by atoms with Gasteiger partial charge in [0, 0.05) is 12.1 Å². The van der Waals surface area contributed by atoms with Gasteiger partial charge in [-0.15, -0.1) is 0 Å².